The lowest BCUT2D eigenvalue weighted by Crippen LogP contribution is -2.42. The van der Waals surface area contributed by atoms with Crippen LogP contribution in [-0.4, -0.2) is 50.3 Å². The van der Waals surface area contributed by atoms with Crippen LogP contribution in [0.4, 0.5) is 17.6 Å². The van der Waals surface area contributed by atoms with Crippen molar-refractivity contribution in [3.05, 3.63) is 30.1 Å². The van der Waals surface area contributed by atoms with Crippen molar-refractivity contribution < 1.29 is 27.1 Å². The van der Waals surface area contributed by atoms with Gasteiger partial charge in [-0.05, 0) is 12.1 Å². The maximum atomic E-state index is 13.4. The second-order valence-electron chi connectivity index (χ2n) is 5.45. The Morgan fingerprint density at radius 2 is 2.04 bits per heavy atom. The Bertz CT molecular complexity index is 551. The lowest BCUT2D eigenvalue weighted by Gasteiger charge is -2.25. The number of benzene rings is 1. The molecular formula is C15H18F4N2O2. The van der Waals surface area contributed by atoms with Crippen molar-refractivity contribution in [2.75, 3.05) is 33.3 Å². The van der Waals surface area contributed by atoms with Gasteiger partial charge in [0.25, 0.3) is 0 Å². The Morgan fingerprint density at radius 1 is 1.35 bits per heavy atom. The number of para-hydroxylation sites is 1. The van der Waals surface area contributed by atoms with Crippen LogP contribution >= 0.6 is 0 Å². The van der Waals surface area contributed by atoms with Gasteiger partial charge in [0.1, 0.15) is 6.61 Å². The van der Waals surface area contributed by atoms with Crippen LogP contribution in [0.3, 0.4) is 0 Å². The first-order valence-electron chi connectivity index (χ1n) is 7.20. The van der Waals surface area contributed by atoms with E-state index >= 15 is 0 Å². The minimum absolute atomic E-state index is 0.00000638. The molecule has 2 rings (SSSR count). The van der Waals surface area contributed by atoms with Crippen molar-refractivity contribution in [3.8, 4) is 5.75 Å². The standard InChI is InChI=1S/C15H18F4N2O2/c1-21(6-7-23-13-5-3-2-4-12(13)16)14(22)10-8-20-9-11(10)15(17,18)19/h2-5,10-11,20H,6-9H2,1H3/t10-,11-/m1/s1. The van der Waals surface area contributed by atoms with E-state index in [0.717, 1.165) is 0 Å². The van der Waals surface area contributed by atoms with Gasteiger partial charge in [0, 0.05) is 20.1 Å². The van der Waals surface area contributed by atoms with E-state index in [1.54, 1.807) is 6.07 Å². The normalized spacial score (nSPS) is 21.3. The first-order chi connectivity index (χ1) is 10.8. The van der Waals surface area contributed by atoms with Crippen molar-refractivity contribution >= 4 is 5.91 Å². The van der Waals surface area contributed by atoms with E-state index in [9.17, 15) is 22.4 Å². The van der Waals surface area contributed by atoms with Crippen LogP contribution in [0.1, 0.15) is 0 Å². The highest BCUT2D eigenvalue weighted by Gasteiger charge is 2.50. The fraction of sp³-hybridized carbons (Fsp3) is 0.533. The smallest absolute Gasteiger partial charge is 0.393 e. The van der Waals surface area contributed by atoms with Crippen LogP contribution in [0.25, 0.3) is 0 Å². The van der Waals surface area contributed by atoms with Crippen LogP contribution in [0.15, 0.2) is 24.3 Å². The number of nitrogens with one attached hydrogen (secondary N) is 1. The molecule has 0 spiro atoms. The van der Waals surface area contributed by atoms with Gasteiger partial charge in [-0.2, -0.15) is 13.2 Å². The number of amides is 1. The van der Waals surface area contributed by atoms with Gasteiger partial charge in [-0.25, -0.2) is 4.39 Å². The average molecular weight is 334 g/mol. The van der Waals surface area contributed by atoms with Gasteiger partial charge in [0.15, 0.2) is 11.6 Å². The Labute approximate surface area is 131 Å². The first-order valence-corrected chi connectivity index (χ1v) is 7.20. The molecule has 1 aliphatic rings. The summed E-state index contributed by atoms with van der Waals surface area (Å²) in [7, 11) is 1.42. The number of carbonyl (C=O) groups is 1. The molecular weight excluding hydrogens is 316 g/mol. The highest BCUT2D eigenvalue weighted by Crippen LogP contribution is 2.35. The molecule has 0 aliphatic carbocycles. The van der Waals surface area contributed by atoms with Crippen LogP contribution in [0, 0.1) is 17.7 Å². The van der Waals surface area contributed by atoms with Gasteiger partial charge in [-0.3, -0.25) is 4.79 Å². The van der Waals surface area contributed by atoms with Crippen LogP contribution < -0.4 is 10.1 Å². The summed E-state index contributed by atoms with van der Waals surface area (Å²) in [6.45, 7) is -0.171. The topological polar surface area (TPSA) is 41.6 Å². The molecule has 0 unspecified atom stereocenters. The molecule has 0 bridgehead atoms. The van der Waals surface area contributed by atoms with Crippen molar-refractivity contribution in [2.24, 2.45) is 11.8 Å². The second-order valence-corrected chi connectivity index (χ2v) is 5.45. The predicted molar refractivity (Wildman–Crippen MR) is 75.4 cm³/mol. The molecule has 1 heterocycles. The minimum atomic E-state index is -4.41. The number of ether oxygens (including phenoxy) is 1. The summed E-state index contributed by atoms with van der Waals surface area (Å²) < 4.78 is 57.2. The fourth-order valence-corrected chi connectivity index (χ4v) is 2.53. The van der Waals surface area contributed by atoms with Crippen molar-refractivity contribution in [2.45, 2.75) is 6.18 Å². The molecule has 1 aromatic rings. The van der Waals surface area contributed by atoms with E-state index in [0.29, 0.717) is 0 Å². The van der Waals surface area contributed by atoms with Gasteiger partial charge < -0.3 is 15.0 Å². The number of alkyl halides is 3. The maximum absolute atomic E-state index is 13.4. The third-order valence-corrected chi connectivity index (χ3v) is 3.85. The summed E-state index contributed by atoms with van der Waals surface area (Å²) in [5.74, 6) is -3.88. The average Bonchev–Trinajstić information content (AvgIpc) is 2.98. The molecule has 2 atom stereocenters. The molecule has 1 saturated heterocycles. The Kier molecular flexibility index (Phi) is 5.46. The van der Waals surface area contributed by atoms with Crippen molar-refractivity contribution in [3.63, 3.8) is 0 Å². The minimum Gasteiger partial charge on any atom is -0.489 e. The number of rotatable bonds is 5. The number of hydrogen-bond donors (Lipinski definition) is 1. The fourth-order valence-electron chi connectivity index (χ4n) is 2.53. The Balaban J connectivity index is 1.87. The molecule has 8 heteroatoms. The monoisotopic (exact) mass is 334 g/mol. The maximum Gasteiger partial charge on any atom is 0.393 e. The van der Waals surface area contributed by atoms with E-state index in [1.807, 2.05) is 0 Å². The van der Waals surface area contributed by atoms with E-state index in [1.165, 1.54) is 30.1 Å². The molecule has 4 nitrogen and oxygen atoms in total. The van der Waals surface area contributed by atoms with E-state index in [4.69, 9.17) is 4.74 Å². The molecule has 1 amide bonds. The molecule has 0 saturated carbocycles. The van der Waals surface area contributed by atoms with Crippen LogP contribution in [0.5, 0.6) is 5.75 Å². The van der Waals surface area contributed by atoms with E-state index in [-0.39, 0.29) is 32.0 Å². The van der Waals surface area contributed by atoms with Gasteiger partial charge in [-0.1, -0.05) is 12.1 Å². The molecule has 0 radical (unpaired) electrons. The third-order valence-electron chi connectivity index (χ3n) is 3.85. The lowest BCUT2D eigenvalue weighted by molar-refractivity contribution is -0.184. The summed E-state index contributed by atoms with van der Waals surface area (Å²) in [4.78, 5) is 13.4. The number of halogens is 4. The van der Waals surface area contributed by atoms with Gasteiger partial charge in [-0.15, -0.1) is 0 Å². The highest BCUT2D eigenvalue weighted by molar-refractivity contribution is 5.79. The molecule has 0 aromatic heterocycles. The van der Waals surface area contributed by atoms with E-state index in [2.05, 4.69) is 5.32 Å². The number of carbonyl (C=O) groups excluding carboxylic acids is 1. The quantitative estimate of drug-likeness (QED) is 0.838. The van der Waals surface area contributed by atoms with E-state index < -0.39 is 29.7 Å². The zero-order valence-corrected chi connectivity index (χ0v) is 12.6. The Hall–Kier alpha value is -1.83. The summed E-state index contributed by atoms with van der Waals surface area (Å²) in [6.07, 6.45) is -4.41. The molecule has 128 valence electrons. The zero-order chi connectivity index (χ0) is 17.0. The SMILES string of the molecule is CN(CCOc1ccccc1F)C(=O)[C@@H]1CNC[C@H]1C(F)(F)F. The first kappa shape index (κ1) is 17.5. The second kappa shape index (κ2) is 7.16. The zero-order valence-electron chi connectivity index (χ0n) is 12.6. The summed E-state index contributed by atoms with van der Waals surface area (Å²) in [5.41, 5.74) is 0. The Morgan fingerprint density at radius 3 is 2.70 bits per heavy atom. The molecule has 1 fully saturated rings. The van der Waals surface area contributed by atoms with Gasteiger partial charge in [0.2, 0.25) is 5.91 Å². The van der Waals surface area contributed by atoms with Gasteiger partial charge >= 0.3 is 6.18 Å². The molecule has 23 heavy (non-hydrogen) atoms. The number of nitrogens with zero attached hydrogens (tertiary/aromatic N) is 1. The number of hydrogen-bond acceptors (Lipinski definition) is 3. The summed E-state index contributed by atoms with van der Waals surface area (Å²) in [6, 6.07) is 5.80. The van der Waals surface area contributed by atoms with Crippen LogP contribution in [-0.2, 0) is 4.79 Å². The summed E-state index contributed by atoms with van der Waals surface area (Å²) in [5, 5.41) is 2.61. The number of likely N-dealkylation sites (N-methyl/N-ethyl adjacent to an activating group) is 1. The van der Waals surface area contributed by atoms with Crippen molar-refractivity contribution in [1.29, 1.82) is 0 Å². The highest BCUT2D eigenvalue weighted by atomic mass is 19.4. The lowest BCUT2D eigenvalue weighted by atomic mass is 9.94. The summed E-state index contributed by atoms with van der Waals surface area (Å²) >= 11 is 0. The third kappa shape index (κ3) is 4.34. The molecule has 1 aromatic carbocycles. The van der Waals surface area contributed by atoms with Crippen LogP contribution in [0.2, 0.25) is 0 Å². The van der Waals surface area contributed by atoms with Crippen molar-refractivity contribution in [1.82, 2.24) is 10.2 Å². The molecule has 1 aliphatic heterocycles. The largest absolute Gasteiger partial charge is 0.489 e. The molecule has 1 N–H and O–H groups in total. The van der Waals surface area contributed by atoms with Gasteiger partial charge in [0.05, 0.1) is 18.4 Å². The predicted octanol–water partition coefficient (Wildman–Crippen LogP) is 2.06.